The third-order valence-electron chi connectivity index (χ3n) is 5.21. The molecule has 6 nitrogen and oxygen atoms in total. The van der Waals surface area contributed by atoms with Crippen molar-refractivity contribution in [3.05, 3.63) is 30.3 Å². The summed E-state index contributed by atoms with van der Waals surface area (Å²) in [5.41, 5.74) is 0. The number of piperidine rings is 1. The topological polar surface area (TPSA) is 60.0 Å². The van der Waals surface area contributed by atoms with E-state index in [9.17, 15) is 4.79 Å². The second-order valence-corrected chi connectivity index (χ2v) is 8.90. The Balaban J connectivity index is 0.00000300. The van der Waals surface area contributed by atoms with Gasteiger partial charge in [-0.3, -0.25) is 4.79 Å². The lowest BCUT2D eigenvalue weighted by Crippen LogP contribution is -2.49. The number of likely N-dealkylation sites (tertiary alicyclic amines) is 1. The van der Waals surface area contributed by atoms with Crippen molar-refractivity contribution < 1.29 is 4.79 Å². The van der Waals surface area contributed by atoms with Crippen LogP contribution >= 0.6 is 35.7 Å². The Morgan fingerprint density at radius 1 is 1.17 bits per heavy atom. The first-order chi connectivity index (χ1) is 13.6. The van der Waals surface area contributed by atoms with Crippen LogP contribution < -0.4 is 10.6 Å². The van der Waals surface area contributed by atoms with Crippen LogP contribution in [0.1, 0.15) is 25.7 Å². The van der Waals surface area contributed by atoms with Gasteiger partial charge in [-0.1, -0.05) is 18.2 Å². The van der Waals surface area contributed by atoms with E-state index in [2.05, 4.69) is 44.8 Å². The Kier molecular flexibility index (Phi) is 10.6. The third kappa shape index (κ3) is 8.72. The Hall–Kier alpha value is -1.000. The summed E-state index contributed by atoms with van der Waals surface area (Å²) < 4.78 is 0. The molecule has 0 spiro atoms. The highest BCUT2D eigenvalue weighted by Crippen LogP contribution is 2.29. The van der Waals surface area contributed by atoms with Gasteiger partial charge in [0.2, 0.25) is 5.91 Å². The Morgan fingerprint density at radius 2 is 1.86 bits per heavy atom. The maximum Gasteiger partial charge on any atom is 0.243 e. The van der Waals surface area contributed by atoms with Gasteiger partial charge in [-0.15, -0.1) is 35.7 Å². The van der Waals surface area contributed by atoms with Crippen LogP contribution in [0.2, 0.25) is 0 Å². The number of amides is 1. The molecule has 3 rings (SSSR count). The van der Waals surface area contributed by atoms with Crippen molar-refractivity contribution in [2.75, 3.05) is 46.0 Å². The Morgan fingerprint density at radius 3 is 2.48 bits per heavy atom. The second kappa shape index (κ2) is 12.6. The molecule has 1 heterocycles. The molecule has 2 N–H and O–H groups in total. The van der Waals surface area contributed by atoms with Gasteiger partial charge in [0.15, 0.2) is 5.96 Å². The number of aliphatic imine (C=N–C) groups is 1. The molecule has 29 heavy (non-hydrogen) atoms. The van der Waals surface area contributed by atoms with Gasteiger partial charge in [0.25, 0.3) is 0 Å². The minimum absolute atomic E-state index is 0. The molecule has 1 aromatic carbocycles. The highest BCUT2D eigenvalue weighted by Gasteiger charge is 2.31. The fraction of sp³-hybridized carbons (Fsp3) is 0.619. The third-order valence-corrected chi connectivity index (χ3v) is 6.23. The fourth-order valence-corrected chi connectivity index (χ4v) is 4.13. The molecular formula is C21H34IN5OS. The van der Waals surface area contributed by atoms with Crippen LogP contribution in [0.4, 0.5) is 0 Å². The number of carbonyl (C=O) groups excluding carboxylic acids is 1. The van der Waals surface area contributed by atoms with Crippen LogP contribution in [0.3, 0.4) is 0 Å². The summed E-state index contributed by atoms with van der Waals surface area (Å²) in [5, 5.41) is 6.97. The average Bonchev–Trinajstić information content (AvgIpc) is 3.55. The van der Waals surface area contributed by atoms with E-state index in [0.29, 0.717) is 6.04 Å². The van der Waals surface area contributed by atoms with Gasteiger partial charge in [0.05, 0.1) is 0 Å². The predicted octanol–water partition coefficient (Wildman–Crippen LogP) is 2.65. The number of halogens is 1. The molecule has 1 aliphatic heterocycles. The van der Waals surface area contributed by atoms with Crippen molar-refractivity contribution in [2.24, 2.45) is 4.99 Å². The molecular weight excluding hydrogens is 497 g/mol. The predicted molar refractivity (Wildman–Crippen MR) is 132 cm³/mol. The average molecular weight is 532 g/mol. The molecule has 1 aromatic rings. The number of nitrogens with one attached hydrogen (secondary N) is 2. The summed E-state index contributed by atoms with van der Waals surface area (Å²) in [5.74, 6) is 1.73. The van der Waals surface area contributed by atoms with Crippen LogP contribution in [0.25, 0.3) is 0 Å². The summed E-state index contributed by atoms with van der Waals surface area (Å²) >= 11 is 1.82. The highest BCUT2D eigenvalue weighted by molar-refractivity contribution is 14.0. The van der Waals surface area contributed by atoms with E-state index in [1.165, 1.54) is 17.7 Å². The van der Waals surface area contributed by atoms with Crippen molar-refractivity contribution in [3.63, 3.8) is 0 Å². The van der Waals surface area contributed by atoms with Crippen LogP contribution in [-0.2, 0) is 4.79 Å². The van der Waals surface area contributed by atoms with E-state index < -0.39 is 0 Å². The highest BCUT2D eigenvalue weighted by atomic mass is 127. The van der Waals surface area contributed by atoms with Crippen LogP contribution in [0.5, 0.6) is 0 Å². The Bertz CT molecular complexity index is 646. The standard InChI is InChI=1S/C21H33N5OS.HI/c1-25(2)20(27)16-23-21(22-12-15-28-19-6-4-3-5-7-19)24-17-10-13-26(14-11-17)18-8-9-18;/h3-7,17-18H,8-16H2,1-2H3,(H2,22,23,24);1H. The van der Waals surface area contributed by atoms with E-state index in [1.807, 2.05) is 17.8 Å². The molecule has 0 unspecified atom stereocenters. The van der Waals surface area contributed by atoms with E-state index >= 15 is 0 Å². The number of benzene rings is 1. The zero-order chi connectivity index (χ0) is 19.8. The molecule has 0 aromatic heterocycles. The van der Waals surface area contributed by atoms with Crippen molar-refractivity contribution in [3.8, 4) is 0 Å². The molecule has 1 saturated heterocycles. The summed E-state index contributed by atoms with van der Waals surface area (Å²) in [6.07, 6.45) is 5.02. The maximum atomic E-state index is 11.9. The summed E-state index contributed by atoms with van der Waals surface area (Å²) in [6.45, 7) is 3.31. The maximum absolute atomic E-state index is 11.9. The zero-order valence-corrected chi connectivity index (χ0v) is 20.6. The lowest BCUT2D eigenvalue weighted by atomic mass is 10.1. The largest absolute Gasteiger partial charge is 0.356 e. The number of hydrogen-bond donors (Lipinski definition) is 2. The lowest BCUT2D eigenvalue weighted by Gasteiger charge is -2.33. The molecule has 1 aliphatic carbocycles. The van der Waals surface area contributed by atoms with Gasteiger partial charge in [-0.25, -0.2) is 4.99 Å². The minimum atomic E-state index is 0. The quantitative estimate of drug-likeness (QED) is 0.178. The van der Waals surface area contributed by atoms with Crippen molar-refractivity contribution in [1.82, 2.24) is 20.4 Å². The first-order valence-electron chi connectivity index (χ1n) is 10.3. The van der Waals surface area contributed by atoms with Crippen molar-refractivity contribution in [1.29, 1.82) is 0 Å². The van der Waals surface area contributed by atoms with Gasteiger partial charge in [-0.2, -0.15) is 0 Å². The fourth-order valence-electron chi connectivity index (χ4n) is 3.34. The van der Waals surface area contributed by atoms with Crippen LogP contribution in [0, 0.1) is 0 Å². The first-order valence-corrected chi connectivity index (χ1v) is 11.3. The molecule has 2 fully saturated rings. The SMILES string of the molecule is CN(C)C(=O)CN=C(NCCSc1ccccc1)NC1CCN(C2CC2)CC1.I. The molecule has 162 valence electrons. The molecule has 0 atom stereocenters. The van der Waals surface area contributed by atoms with E-state index in [-0.39, 0.29) is 36.4 Å². The Labute approximate surface area is 196 Å². The lowest BCUT2D eigenvalue weighted by molar-refractivity contribution is -0.127. The summed E-state index contributed by atoms with van der Waals surface area (Å²) in [7, 11) is 3.53. The van der Waals surface area contributed by atoms with Gasteiger partial charge in [0, 0.05) is 56.5 Å². The summed E-state index contributed by atoms with van der Waals surface area (Å²) in [6, 6.07) is 11.7. The monoisotopic (exact) mass is 531 g/mol. The number of thioether (sulfide) groups is 1. The smallest absolute Gasteiger partial charge is 0.243 e. The molecule has 8 heteroatoms. The van der Waals surface area contributed by atoms with Crippen molar-refractivity contribution >= 4 is 47.6 Å². The number of hydrogen-bond acceptors (Lipinski definition) is 4. The van der Waals surface area contributed by atoms with Crippen LogP contribution in [0.15, 0.2) is 40.2 Å². The molecule has 0 radical (unpaired) electrons. The second-order valence-electron chi connectivity index (χ2n) is 7.73. The molecule has 2 aliphatic rings. The van der Waals surface area contributed by atoms with E-state index in [4.69, 9.17) is 0 Å². The number of carbonyl (C=O) groups is 1. The number of guanidine groups is 1. The van der Waals surface area contributed by atoms with Gasteiger partial charge in [0.1, 0.15) is 6.54 Å². The van der Waals surface area contributed by atoms with Gasteiger partial charge in [-0.05, 0) is 37.8 Å². The van der Waals surface area contributed by atoms with E-state index in [0.717, 1.165) is 50.2 Å². The number of nitrogens with zero attached hydrogens (tertiary/aromatic N) is 3. The number of rotatable bonds is 8. The van der Waals surface area contributed by atoms with Gasteiger partial charge >= 0.3 is 0 Å². The normalized spacial score (nSPS) is 18.1. The number of likely N-dealkylation sites (N-methyl/N-ethyl adjacent to an activating group) is 1. The van der Waals surface area contributed by atoms with Gasteiger partial charge < -0.3 is 20.4 Å². The van der Waals surface area contributed by atoms with E-state index in [1.54, 1.807) is 19.0 Å². The first kappa shape index (κ1) is 24.3. The molecule has 1 saturated carbocycles. The molecule has 1 amide bonds. The molecule has 0 bridgehead atoms. The zero-order valence-electron chi connectivity index (χ0n) is 17.5. The van der Waals surface area contributed by atoms with Crippen LogP contribution in [-0.4, -0.2) is 79.8 Å². The summed E-state index contributed by atoms with van der Waals surface area (Å²) in [4.78, 5) is 21.9. The minimum Gasteiger partial charge on any atom is -0.356 e. The van der Waals surface area contributed by atoms with Crippen molar-refractivity contribution in [2.45, 2.75) is 42.7 Å².